The second-order valence-corrected chi connectivity index (χ2v) is 4.22. The summed E-state index contributed by atoms with van der Waals surface area (Å²) in [7, 11) is 1.57. The van der Waals surface area contributed by atoms with Gasteiger partial charge in [-0.1, -0.05) is 11.6 Å². The van der Waals surface area contributed by atoms with E-state index in [1.807, 2.05) is 0 Å². The number of halogens is 1. The Morgan fingerprint density at radius 2 is 2.22 bits per heavy atom. The highest BCUT2D eigenvalue weighted by atomic mass is 35.5. The van der Waals surface area contributed by atoms with Crippen molar-refractivity contribution in [3.63, 3.8) is 0 Å². The van der Waals surface area contributed by atoms with Crippen molar-refractivity contribution in [3.8, 4) is 0 Å². The SMILES string of the molecule is CN(CCCN)C(=O)c1cc(Cl)ccc1[N+](=O)[O-]. The Morgan fingerprint density at radius 1 is 1.56 bits per heavy atom. The molecule has 0 radical (unpaired) electrons. The molecular formula is C11H14ClN3O3. The van der Waals surface area contributed by atoms with Crippen LogP contribution in [0.5, 0.6) is 0 Å². The summed E-state index contributed by atoms with van der Waals surface area (Å²) in [4.78, 5) is 23.7. The van der Waals surface area contributed by atoms with E-state index >= 15 is 0 Å². The number of carbonyl (C=O) groups excluding carboxylic acids is 1. The number of carbonyl (C=O) groups is 1. The molecule has 0 fully saturated rings. The molecule has 0 heterocycles. The van der Waals surface area contributed by atoms with Crippen molar-refractivity contribution in [3.05, 3.63) is 38.9 Å². The van der Waals surface area contributed by atoms with Gasteiger partial charge in [0.15, 0.2) is 0 Å². The van der Waals surface area contributed by atoms with Crippen molar-refractivity contribution in [1.29, 1.82) is 0 Å². The molecule has 0 saturated carbocycles. The molecule has 1 rings (SSSR count). The minimum atomic E-state index is -0.597. The van der Waals surface area contributed by atoms with Crippen molar-refractivity contribution in [2.24, 2.45) is 5.73 Å². The number of nitro benzene ring substituents is 1. The van der Waals surface area contributed by atoms with Crippen LogP contribution in [0.1, 0.15) is 16.8 Å². The van der Waals surface area contributed by atoms with Crippen LogP contribution in [0.2, 0.25) is 5.02 Å². The van der Waals surface area contributed by atoms with Gasteiger partial charge in [-0.05, 0) is 25.1 Å². The van der Waals surface area contributed by atoms with Crippen LogP contribution in [0.4, 0.5) is 5.69 Å². The van der Waals surface area contributed by atoms with Crippen LogP contribution in [0, 0.1) is 10.1 Å². The quantitative estimate of drug-likeness (QED) is 0.651. The van der Waals surface area contributed by atoms with E-state index in [-0.39, 0.29) is 16.3 Å². The van der Waals surface area contributed by atoms with Crippen LogP contribution in [-0.4, -0.2) is 35.9 Å². The van der Waals surface area contributed by atoms with Gasteiger partial charge >= 0.3 is 0 Å². The smallest absolute Gasteiger partial charge is 0.282 e. The lowest BCUT2D eigenvalue weighted by molar-refractivity contribution is -0.385. The normalized spacial score (nSPS) is 10.2. The number of benzene rings is 1. The number of nitro groups is 1. The van der Waals surface area contributed by atoms with Gasteiger partial charge in [0.1, 0.15) is 5.56 Å². The Bertz CT molecular complexity index is 465. The van der Waals surface area contributed by atoms with Gasteiger partial charge in [0.25, 0.3) is 11.6 Å². The average Bonchev–Trinajstić information content (AvgIpc) is 2.34. The first-order chi connectivity index (χ1) is 8.47. The minimum Gasteiger partial charge on any atom is -0.341 e. The first-order valence-electron chi connectivity index (χ1n) is 5.37. The zero-order valence-corrected chi connectivity index (χ0v) is 10.7. The molecule has 1 amide bonds. The highest BCUT2D eigenvalue weighted by Gasteiger charge is 2.22. The summed E-state index contributed by atoms with van der Waals surface area (Å²) in [6, 6.07) is 3.92. The maximum atomic E-state index is 12.1. The monoisotopic (exact) mass is 271 g/mol. The molecule has 7 heteroatoms. The minimum absolute atomic E-state index is 0.00739. The lowest BCUT2D eigenvalue weighted by Crippen LogP contribution is -2.29. The number of hydrogen-bond donors (Lipinski definition) is 1. The summed E-state index contributed by atoms with van der Waals surface area (Å²) in [6.07, 6.45) is 0.636. The average molecular weight is 272 g/mol. The fraction of sp³-hybridized carbons (Fsp3) is 0.364. The molecule has 1 aromatic carbocycles. The van der Waals surface area contributed by atoms with Gasteiger partial charge in [-0.25, -0.2) is 0 Å². The fourth-order valence-electron chi connectivity index (χ4n) is 1.47. The van der Waals surface area contributed by atoms with Gasteiger partial charge in [0, 0.05) is 24.7 Å². The van der Waals surface area contributed by atoms with E-state index in [1.54, 1.807) is 7.05 Å². The van der Waals surface area contributed by atoms with Crippen molar-refractivity contribution >= 4 is 23.2 Å². The number of nitrogens with zero attached hydrogens (tertiary/aromatic N) is 2. The van der Waals surface area contributed by atoms with Crippen LogP contribution >= 0.6 is 11.6 Å². The Kier molecular flexibility index (Phi) is 5.06. The van der Waals surface area contributed by atoms with E-state index in [9.17, 15) is 14.9 Å². The molecule has 0 aliphatic heterocycles. The van der Waals surface area contributed by atoms with E-state index in [2.05, 4.69) is 0 Å². The molecule has 0 spiro atoms. The maximum absolute atomic E-state index is 12.1. The molecule has 0 atom stereocenters. The molecule has 98 valence electrons. The van der Waals surface area contributed by atoms with E-state index < -0.39 is 10.8 Å². The molecule has 0 bridgehead atoms. The van der Waals surface area contributed by atoms with Crippen molar-refractivity contribution < 1.29 is 9.72 Å². The first kappa shape index (κ1) is 14.4. The van der Waals surface area contributed by atoms with Crippen LogP contribution < -0.4 is 5.73 Å². The summed E-state index contributed by atoms with van der Waals surface area (Å²) in [6.45, 7) is 0.897. The fourth-order valence-corrected chi connectivity index (χ4v) is 1.65. The van der Waals surface area contributed by atoms with E-state index in [4.69, 9.17) is 17.3 Å². The van der Waals surface area contributed by atoms with Crippen molar-refractivity contribution in [2.45, 2.75) is 6.42 Å². The Morgan fingerprint density at radius 3 is 2.78 bits per heavy atom. The standard InChI is InChI=1S/C11H14ClN3O3/c1-14(6-2-5-13)11(16)9-7-8(12)3-4-10(9)15(17)18/h3-4,7H,2,5-6,13H2,1H3. The van der Waals surface area contributed by atoms with Gasteiger partial charge in [0.05, 0.1) is 4.92 Å². The number of hydrogen-bond acceptors (Lipinski definition) is 4. The first-order valence-corrected chi connectivity index (χ1v) is 5.74. The number of nitrogens with two attached hydrogens (primary N) is 1. The zero-order chi connectivity index (χ0) is 13.7. The largest absolute Gasteiger partial charge is 0.341 e. The second kappa shape index (κ2) is 6.32. The maximum Gasteiger partial charge on any atom is 0.282 e. The third-order valence-electron chi connectivity index (χ3n) is 2.43. The Labute approximate surface area is 109 Å². The Hall–Kier alpha value is -1.66. The van der Waals surface area contributed by atoms with Gasteiger partial charge in [-0.2, -0.15) is 0 Å². The molecular weight excluding hydrogens is 258 g/mol. The van der Waals surface area contributed by atoms with Gasteiger partial charge in [-0.3, -0.25) is 14.9 Å². The number of rotatable bonds is 5. The van der Waals surface area contributed by atoms with Gasteiger partial charge in [-0.15, -0.1) is 0 Å². The lowest BCUT2D eigenvalue weighted by Gasteiger charge is -2.16. The molecule has 2 N–H and O–H groups in total. The highest BCUT2D eigenvalue weighted by molar-refractivity contribution is 6.31. The molecule has 6 nitrogen and oxygen atoms in total. The third-order valence-corrected chi connectivity index (χ3v) is 2.67. The van der Waals surface area contributed by atoms with Crippen LogP contribution in [0.25, 0.3) is 0 Å². The summed E-state index contributed by atoms with van der Waals surface area (Å²) in [5, 5.41) is 11.1. The van der Waals surface area contributed by atoms with Crippen LogP contribution in [0.3, 0.4) is 0 Å². The van der Waals surface area contributed by atoms with E-state index in [0.29, 0.717) is 19.5 Å². The molecule has 0 aliphatic carbocycles. The van der Waals surface area contributed by atoms with Gasteiger partial charge < -0.3 is 10.6 Å². The molecule has 0 aromatic heterocycles. The van der Waals surface area contributed by atoms with E-state index in [1.165, 1.54) is 23.1 Å². The molecule has 0 saturated heterocycles. The van der Waals surface area contributed by atoms with Crippen LogP contribution in [0.15, 0.2) is 18.2 Å². The molecule has 0 aliphatic rings. The zero-order valence-electron chi connectivity index (χ0n) is 9.93. The molecule has 18 heavy (non-hydrogen) atoms. The predicted octanol–water partition coefficient (Wildman–Crippen LogP) is 1.67. The van der Waals surface area contributed by atoms with E-state index in [0.717, 1.165) is 0 Å². The molecule has 1 aromatic rings. The topological polar surface area (TPSA) is 89.5 Å². The summed E-state index contributed by atoms with van der Waals surface area (Å²) >= 11 is 5.76. The summed E-state index contributed by atoms with van der Waals surface area (Å²) in [5.74, 6) is -0.433. The van der Waals surface area contributed by atoms with Gasteiger partial charge in [0.2, 0.25) is 0 Å². The third kappa shape index (κ3) is 3.41. The molecule has 0 unspecified atom stereocenters. The number of amides is 1. The van der Waals surface area contributed by atoms with Crippen LogP contribution in [-0.2, 0) is 0 Å². The lowest BCUT2D eigenvalue weighted by atomic mass is 10.1. The summed E-state index contributed by atoms with van der Waals surface area (Å²) in [5.41, 5.74) is 5.10. The van der Waals surface area contributed by atoms with Crippen molar-refractivity contribution in [2.75, 3.05) is 20.1 Å². The summed E-state index contributed by atoms with van der Waals surface area (Å²) < 4.78 is 0. The van der Waals surface area contributed by atoms with Crippen molar-refractivity contribution in [1.82, 2.24) is 4.90 Å². The highest BCUT2D eigenvalue weighted by Crippen LogP contribution is 2.23. The second-order valence-electron chi connectivity index (χ2n) is 3.79. The Balaban J connectivity index is 3.03. The predicted molar refractivity (Wildman–Crippen MR) is 68.7 cm³/mol.